The lowest BCUT2D eigenvalue weighted by atomic mass is 10.1. The largest absolute Gasteiger partial charge is 0.495 e. The minimum Gasteiger partial charge on any atom is -0.495 e. The molecule has 0 spiro atoms. The molecule has 1 saturated carbocycles. The Labute approximate surface area is 207 Å². The molecule has 0 aliphatic heterocycles. The van der Waals surface area contributed by atoms with Crippen LogP contribution in [0, 0.1) is 0 Å². The van der Waals surface area contributed by atoms with Crippen LogP contribution in [0.15, 0.2) is 36.7 Å². The number of hydrogen-bond donors (Lipinski definition) is 2. The summed E-state index contributed by atoms with van der Waals surface area (Å²) in [5, 5.41) is 3.81. The molecule has 1 fully saturated rings. The molecule has 10 nitrogen and oxygen atoms in total. The van der Waals surface area contributed by atoms with E-state index in [4.69, 9.17) is 9.47 Å². The lowest BCUT2D eigenvalue weighted by Crippen LogP contribution is -2.41. The first kappa shape index (κ1) is 25.0. The van der Waals surface area contributed by atoms with E-state index in [0.29, 0.717) is 11.3 Å². The van der Waals surface area contributed by atoms with Gasteiger partial charge in [0.15, 0.2) is 15.1 Å². The number of hydrogen-bond acceptors (Lipinski definition) is 9. The van der Waals surface area contributed by atoms with Crippen molar-refractivity contribution in [2.75, 3.05) is 33.1 Å². The first-order valence-corrected chi connectivity index (χ1v) is 13.5. The maximum absolute atomic E-state index is 13.1. The Balaban J connectivity index is 1.63. The number of pyridine rings is 1. The van der Waals surface area contributed by atoms with Gasteiger partial charge in [-0.05, 0) is 36.6 Å². The Morgan fingerprint density at radius 1 is 1.17 bits per heavy atom. The maximum Gasteiger partial charge on any atom is 0.245 e. The summed E-state index contributed by atoms with van der Waals surface area (Å²) in [7, 11) is -1.02. The van der Waals surface area contributed by atoms with Crippen molar-refractivity contribution < 1.29 is 27.5 Å². The van der Waals surface area contributed by atoms with E-state index in [9.17, 15) is 18.0 Å². The number of carbonyl (C=O) groups is 2. The third kappa shape index (κ3) is 6.13. The summed E-state index contributed by atoms with van der Waals surface area (Å²) in [6.45, 7) is -0.365. The predicted octanol–water partition coefficient (Wildman–Crippen LogP) is 1.86. The van der Waals surface area contributed by atoms with Crippen LogP contribution in [0.4, 0.5) is 0 Å². The van der Waals surface area contributed by atoms with Crippen molar-refractivity contribution in [3.05, 3.63) is 41.7 Å². The van der Waals surface area contributed by atoms with E-state index in [0.717, 1.165) is 40.0 Å². The van der Waals surface area contributed by atoms with Crippen molar-refractivity contribution in [1.29, 1.82) is 0 Å². The Bertz CT molecular complexity index is 1340. The summed E-state index contributed by atoms with van der Waals surface area (Å²) >= 11 is 1.13. The molecule has 0 saturated heterocycles. The number of benzene rings is 1. The number of thiazole rings is 1. The Morgan fingerprint density at radius 3 is 2.69 bits per heavy atom. The van der Waals surface area contributed by atoms with Crippen LogP contribution in [0.1, 0.15) is 23.1 Å². The first-order valence-electron chi connectivity index (χ1n) is 11.0. The van der Waals surface area contributed by atoms with Crippen LogP contribution in [0.25, 0.3) is 21.3 Å². The molecule has 12 heteroatoms. The highest BCUT2D eigenvalue weighted by atomic mass is 32.2. The van der Waals surface area contributed by atoms with Gasteiger partial charge in [-0.1, -0.05) is 6.07 Å². The van der Waals surface area contributed by atoms with E-state index in [1.54, 1.807) is 19.5 Å². The average Bonchev–Trinajstić information content (AvgIpc) is 3.56. The summed E-state index contributed by atoms with van der Waals surface area (Å²) in [5.74, 6) is -0.890. The molecule has 0 radical (unpaired) electrons. The third-order valence-corrected chi connectivity index (χ3v) is 8.59. The van der Waals surface area contributed by atoms with Crippen LogP contribution < -0.4 is 15.4 Å². The topological polar surface area (TPSA) is 137 Å². The Kier molecular flexibility index (Phi) is 7.63. The van der Waals surface area contributed by atoms with Crippen LogP contribution in [0.2, 0.25) is 0 Å². The van der Waals surface area contributed by atoms with Crippen molar-refractivity contribution in [1.82, 2.24) is 20.6 Å². The molecule has 2 aromatic heterocycles. The normalized spacial score (nSPS) is 14.5. The van der Waals surface area contributed by atoms with E-state index >= 15 is 0 Å². The van der Waals surface area contributed by atoms with Gasteiger partial charge in [-0.2, -0.15) is 0 Å². The van der Waals surface area contributed by atoms with Gasteiger partial charge in [-0.3, -0.25) is 14.6 Å². The molecule has 1 aliphatic rings. The van der Waals surface area contributed by atoms with Crippen molar-refractivity contribution in [3.8, 4) is 16.9 Å². The molecule has 2 heterocycles. The minimum absolute atomic E-state index is 0.0633. The van der Waals surface area contributed by atoms with Gasteiger partial charge in [0.1, 0.15) is 10.8 Å². The molecular weight excluding hydrogens is 492 g/mol. The maximum atomic E-state index is 13.1. The summed E-state index contributed by atoms with van der Waals surface area (Å²) in [6.07, 6.45) is 5.11. The highest BCUT2D eigenvalue weighted by molar-refractivity contribution is 7.92. The second kappa shape index (κ2) is 10.7. The molecule has 186 valence electrons. The molecule has 1 atom stereocenters. The molecule has 2 N–H and O–H groups in total. The molecule has 35 heavy (non-hydrogen) atoms. The molecule has 3 aromatic rings. The van der Waals surface area contributed by atoms with Gasteiger partial charge in [0.25, 0.3) is 0 Å². The summed E-state index contributed by atoms with van der Waals surface area (Å²) in [5.41, 5.74) is 2.18. The monoisotopic (exact) mass is 518 g/mol. The lowest BCUT2D eigenvalue weighted by Gasteiger charge is -2.15. The lowest BCUT2D eigenvalue weighted by molar-refractivity contribution is -0.126. The molecule has 4 rings (SSSR count). The number of fused-ring (bicyclic) bond motifs is 1. The van der Waals surface area contributed by atoms with Gasteiger partial charge >= 0.3 is 0 Å². The van der Waals surface area contributed by atoms with Gasteiger partial charge in [0.2, 0.25) is 11.8 Å². The average molecular weight is 519 g/mol. The predicted molar refractivity (Wildman–Crippen MR) is 132 cm³/mol. The van der Waals surface area contributed by atoms with Crippen molar-refractivity contribution in [2.24, 2.45) is 0 Å². The number of nitrogens with one attached hydrogen (secondary N) is 2. The zero-order chi connectivity index (χ0) is 25.0. The molecule has 1 aromatic carbocycles. The summed E-state index contributed by atoms with van der Waals surface area (Å²) < 4.78 is 37.1. The second-order valence-electron chi connectivity index (χ2n) is 8.15. The number of nitrogens with zero attached hydrogens (tertiary/aromatic N) is 2. The molecule has 0 bridgehead atoms. The van der Waals surface area contributed by atoms with E-state index in [1.165, 1.54) is 7.11 Å². The van der Waals surface area contributed by atoms with Gasteiger partial charge < -0.3 is 20.1 Å². The SMILES string of the molecule is COCCS(=O)(=O)C(C(=O)NCC(=O)NC1CC1)c1nc2cc(-c3cncc(OC)c3)ccc2s1. The van der Waals surface area contributed by atoms with Crippen molar-refractivity contribution in [2.45, 2.75) is 24.1 Å². The zero-order valence-electron chi connectivity index (χ0n) is 19.3. The van der Waals surface area contributed by atoms with Crippen LogP contribution >= 0.6 is 11.3 Å². The number of rotatable bonds is 11. The van der Waals surface area contributed by atoms with Gasteiger partial charge in [-0.15, -0.1) is 11.3 Å². The van der Waals surface area contributed by atoms with Crippen LogP contribution in [0.5, 0.6) is 5.75 Å². The minimum atomic E-state index is -3.96. The highest BCUT2D eigenvalue weighted by Gasteiger charge is 2.37. The fourth-order valence-electron chi connectivity index (χ4n) is 3.44. The number of carbonyl (C=O) groups excluding carboxylic acids is 2. The van der Waals surface area contributed by atoms with E-state index in [-0.39, 0.29) is 35.9 Å². The van der Waals surface area contributed by atoms with Gasteiger partial charge in [-0.25, -0.2) is 13.4 Å². The van der Waals surface area contributed by atoms with E-state index in [2.05, 4.69) is 20.6 Å². The Morgan fingerprint density at radius 2 is 1.97 bits per heavy atom. The molecular formula is C23H26N4O6S2. The standard InChI is InChI=1S/C23H26N4O6S2/c1-32-7-8-35(30,31)21(22(29)25-13-20(28)26-16-4-5-16)23-27-18-10-14(3-6-19(18)34-23)15-9-17(33-2)12-24-11-15/h3,6,9-12,16,21H,4-5,7-8,13H2,1-2H3,(H,25,29)(H,26,28). The van der Waals surface area contributed by atoms with Gasteiger partial charge in [0.05, 0.1) is 42.4 Å². The fourth-order valence-corrected chi connectivity index (χ4v) is 6.35. The van der Waals surface area contributed by atoms with Crippen LogP contribution in [0.3, 0.4) is 0 Å². The molecule has 1 aliphatic carbocycles. The van der Waals surface area contributed by atoms with Gasteiger partial charge in [0, 0.05) is 24.9 Å². The Hall–Kier alpha value is -3.09. The fraction of sp³-hybridized carbons (Fsp3) is 0.391. The molecule has 1 unspecified atom stereocenters. The smallest absolute Gasteiger partial charge is 0.245 e. The van der Waals surface area contributed by atoms with Crippen molar-refractivity contribution >= 4 is 43.2 Å². The summed E-state index contributed by atoms with van der Waals surface area (Å²) in [6, 6.07) is 7.48. The molecule has 2 amide bonds. The quantitative estimate of drug-likeness (QED) is 0.393. The van der Waals surface area contributed by atoms with Crippen LogP contribution in [-0.2, 0) is 24.2 Å². The zero-order valence-corrected chi connectivity index (χ0v) is 20.9. The summed E-state index contributed by atoms with van der Waals surface area (Å²) in [4.78, 5) is 33.7. The second-order valence-corrected chi connectivity index (χ2v) is 11.4. The van der Waals surface area contributed by atoms with Crippen LogP contribution in [-0.4, -0.2) is 69.4 Å². The number of aromatic nitrogens is 2. The van der Waals surface area contributed by atoms with Crippen molar-refractivity contribution in [3.63, 3.8) is 0 Å². The number of ether oxygens (including phenoxy) is 2. The highest BCUT2D eigenvalue weighted by Crippen LogP contribution is 2.34. The number of amides is 2. The van der Waals surface area contributed by atoms with E-state index in [1.807, 2.05) is 24.3 Å². The third-order valence-electron chi connectivity index (χ3n) is 5.45. The van der Waals surface area contributed by atoms with E-state index < -0.39 is 21.0 Å². The number of sulfone groups is 1. The number of methoxy groups -OCH3 is 2. The first-order chi connectivity index (χ1) is 16.8.